The zero-order chi connectivity index (χ0) is 19.4. The van der Waals surface area contributed by atoms with Gasteiger partial charge in [0.05, 0.1) is 0 Å². The van der Waals surface area contributed by atoms with Gasteiger partial charge in [-0.1, -0.05) is 30.2 Å². The molecule has 144 valence electrons. The van der Waals surface area contributed by atoms with Crippen LogP contribution in [-0.4, -0.2) is 30.4 Å². The van der Waals surface area contributed by atoms with Gasteiger partial charge in [-0.15, -0.1) is 11.3 Å². The topological polar surface area (TPSA) is 46.6 Å². The van der Waals surface area contributed by atoms with Crippen LogP contribution in [0.2, 0.25) is 0 Å². The molecule has 0 fully saturated rings. The van der Waals surface area contributed by atoms with Gasteiger partial charge >= 0.3 is 5.97 Å². The van der Waals surface area contributed by atoms with Gasteiger partial charge in [-0.05, 0) is 62.3 Å². The number of aryl methyl sites for hydroxylation is 4. The molecule has 27 heavy (non-hydrogen) atoms. The molecule has 0 aliphatic heterocycles. The van der Waals surface area contributed by atoms with Gasteiger partial charge in [0.25, 0.3) is 5.91 Å². The van der Waals surface area contributed by atoms with Crippen molar-refractivity contribution in [1.82, 2.24) is 4.90 Å². The van der Waals surface area contributed by atoms with Crippen molar-refractivity contribution in [3.05, 3.63) is 56.3 Å². The van der Waals surface area contributed by atoms with Crippen LogP contribution in [0.1, 0.15) is 56.1 Å². The second-order valence-corrected chi connectivity index (χ2v) is 8.51. The molecule has 1 aromatic heterocycles. The summed E-state index contributed by atoms with van der Waals surface area (Å²) in [5.74, 6) is -0.581. The van der Waals surface area contributed by atoms with Crippen LogP contribution >= 0.6 is 11.3 Å². The molecule has 4 nitrogen and oxygen atoms in total. The van der Waals surface area contributed by atoms with Crippen LogP contribution in [0.3, 0.4) is 0 Å². The maximum Gasteiger partial charge on any atom is 0.348 e. The van der Waals surface area contributed by atoms with Gasteiger partial charge in [-0.3, -0.25) is 4.79 Å². The van der Waals surface area contributed by atoms with Gasteiger partial charge in [-0.2, -0.15) is 0 Å². The van der Waals surface area contributed by atoms with Gasteiger partial charge in [0, 0.05) is 18.5 Å². The van der Waals surface area contributed by atoms with E-state index >= 15 is 0 Å². The SMILES string of the molecule is Cc1ccc(CN(C)C(=O)COC(=O)c2cc3c(s2)CCCCC3)c(C)c1. The van der Waals surface area contributed by atoms with Gasteiger partial charge in [0.2, 0.25) is 0 Å². The average Bonchev–Trinajstić information content (AvgIpc) is 2.92. The maximum absolute atomic E-state index is 12.4. The molecule has 1 aliphatic carbocycles. The first-order chi connectivity index (χ1) is 12.9. The molecule has 1 amide bonds. The Morgan fingerprint density at radius 3 is 2.67 bits per heavy atom. The van der Waals surface area contributed by atoms with E-state index in [1.54, 1.807) is 11.9 Å². The summed E-state index contributed by atoms with van der Waals surface area (Å²) in [4.78, 5) is 28.2. The number of thiophene rings is 1. The van der Waals surface area contributed by atoms with E-state index in [1.807, 2.05) is 25.1 Å². The smallest absolute Gasteiger partial charge is 0.348 e. The van der Waals surface area contributed by atoms with Crippen molar-refractivity contribution in [2.24, 2.45) is 0 Å². The Morgan fingerprint density at radius 2 is 1.89 bits per heavy atom. The maximum atomic E-state index is 12.4. The van der Waals surface area contributed by atoms with E-state index in [4.69, 9.17) is 4.74 Å². The number of carbonyl (C=O) groups is 2. The van der Waals surface area contributed by atoms with Gasteiger partial charge < -0.3 is 9.64 Å². The van der Waals surface area contributed by atoms with Crippen LogP contribution in [0.5, 0.6) is 0 Å². The summed E-state index contributed by atoms with van der Waals surface area (Å²) in [5.41, 5.74) is 4.74. The standard InChI is InChI=1S/C22H27NO3S/c1-15-9-10-18(16(2)11-15)13-23(3)21(24)14-26-22(25)20-12-17-7-5-4-6-8-19(17)27-20/h9-12H,4-8,13-14H2,1-3H3. The van der Waals surface area contributed by atoms with Crippen molar-refractivity contribution in [2.75, 3.05) is 13.7 Å². The largest absolute Gasteiger partial charge is 0.451 e. The van der Waals surface area contributed by atoms with E-state index in [2.05, 4.69) is 13.0 Å². The molecule has 0 spiro atoms. The molecule has 1 heterocycles. The Bertz CT molecular complexity index is 817. The molecular formula is C22H27NO3S. The van der Waals surface area contributed by atoms with Crippen LogP contribution in [0.4, 0.5) is 0 Å². The van der Waals surface area contributed by atoms with Gasteiger partial charge in [0.15, 0.2) is 6.61 Å². The number of hydrogen-bond donors (Lipinski definition) is 0. The van der Waals surface area contributed by atoms with Crippen LogP contribution < -0.4 is 0 Å². The molecule has 2 aromatic rings. The molecule has 3 rings (SSSR count). The van der Waals surface area contributed by atoms with Crippen LogP contribution in [0.15, 0.2) is 24.3 Å². The average molecular weight is 386 g/mol. The van der Waals surface area contributed by atoms with Gasteiger partial charge in [0.1, 0.15) is 4.88 Å². The molecule has 0 saturated heterocycles. The fourth-order valence-electron chi connectivity index (χ4n) is 3.44. The number of carbonyl (C=O) groups excluding carboxylic acids is 2. The summed E-state index contributed by atoms with van der Waals surface area (Å²) in [6.45, 7) is 4.38. The number of rotatable bonds is 5. The van der Waals surface area contributed by atoms with Crippen LogP contribution in [0, 0.1) is 13.8 Å². The normalized spacial score (nSPS) is 13.6. The number of fused-ring (bicyclic) bond motifs is 1. The monoisotopic (exact) mass is 385 g/mol. The highest BCUT2D eigenvalue weighted by Crippen LogP contribution is 2.29. The van der Waals surface area contributed by atoms with Crippen molar-refractivity contribution < 1.29 is 14.3 Å². The summed E-state index contributed by atoms with van der Waals surface area (Å²) in [5, 5.41) is 0. The molecule has 0 atom stereocenters. The highest BCUT2D eigenvalue weighted by atomic mass is 32.1. The number of likely N-dealkylation sites (N-methyl/N-ethyl adjacent to an activating group) is 1. The number of hydrogen-bond acceptors (Lipinski definition) is 4. The molecule has 0 unspecified atom stereocenters. The van der Waals surface area contributed by atoms with Crippen LogP contribution in [-0.2, 0) is 28.9 Å². The first-order valence-electron chi connectivity index (χ1n) is 9.53. The lowest BCUT2D eigenvalue weighted by Gasteiger charge is -2.18. The zero-order valence-electron chi connectivity index (χ0n) is 16.3. The van der Waals surface area contributed by atoms with E-state index in [9.17, 15) is 9.59 Å². The van der Waals surface area contributed by atoms with E-state index in [0.29, 0.717) is 11.4 Å². The second kappa shape index (κ2) is 8.70. The first-order valence-corrected chi connectivity index (χ1v) is 10.3. The molecule has 0 N–H and O–H groups in total. The third-order valence-electron chi connectivity index (χ3n) is 5.11. The number of esters is 1. The summed E-state index contributed by atoms with van der Waals surface area (Å²) < 4.78 is 5.29. The Balaban J connectivity index is 1.54. The predicted octanol–water partition coefficient (Wildman–Crippen LogP) is 4.45. The first kappa shape index (κ1) is 19.6. The zero-order valence-corrected chi connectivity index (χ0v) is 17.2. The molecule has 1 aromatic carbocycles. The van der Waals surface area contributed by atoms with E-state index in [1.165, 1.54) is 46.6 Å². The molecule has 1 aliphatic rings. The Kier molecular flexibility index (Phi) is 6.32. The van der Waals surface area contributed by atoms with E-state index in [0.717, 1.165) is 24.0 Å². The molecule has 0 bridgehead atoms. The van der Waals surface area contributed by atoms with Crippen LogP contribution in [0.25, 0.3) is 0 Å². The minimum atomic E-state index is -0.388. The number of amides is 1. The van der Waals surface area contributed by atoms with Crippen molar-refractivity contribution in [1.29, 1.82) is 0 Å². The third kappa shape index (κ3) is 4.98. The van der Waals surface area contributed by atoms with E-state index < -0.39 is 0 Å². The Hall–Kier alpha value is -2.14. The number of benzene rings is 1. The number of ether oxygens (including phenoxy) is 1. The lowest BCUT2D eigenvalue weighted by Crippen LogP contribution is -2.31. The third-order valence-corrected chi connectivity index (χ3v) is 6.32. The second-order valence-electron chi connectivity index (χ2n) is 7.38. The molecular weight excluding hydrogens is 358 g/mol. The fraction of sp³-hybridized carbons (Fsp3) is 0.455. The van der Waals surface area contributed by atoms with Crippen molar-refractivity contribution in [3.8, 4) is 0 Å². The van der Waals surface area contributed by atoms with Crippen molar-refractivity contribution in [2.45, 2.75) is 52.5 Å². The predicted molar refractivity (Wildman–Crippen MR) is 108 cm³/mol. The van der Waals surface area contributed by atoms with Crippen molar-refractivity contribution in [3.63, 3.8) is 0 Å². The summed E-state index contributed by atoms with van der Waals surface area (Å²) in [7, 11) is 1.74. The highest BCUT2D eigenvalue weighted by Gasteiger charge is 2.19. The molecule has 0 saturated carbocycles. The molecule has 0 radical (unpaired) electrons. The summed E-state index contributed by atoms with van der Waals surface area (Å²) in [6, 6.07) is 8.15. The quantitative estimate of drug-likeness (QED) is 0.564. The summed E-state index contributed by atoms with van der Waals surface area (Å²) >= 11 is 1.52. The minimum Gasteiger partial charge on any atom is -0.451 e. The highest BCUT2D eigenvalue weighted by molar-refractivity contribution is 7.14. The van der Waals surface area contributed by atoms with Crippen molar-refractivity contribution >= 4 is 23.2 Å². The van der Waals surface area contributed by atoms with E-state index in [-0.39, 0.29) is 18.5 Å². The Morgan fingerprint density at radius 1 is 1.11 bits per heavy atom. The van der Waals surface area contributed by atoms with Gasteiger partial charge in [-0.25, -0.2) is 4.79 Å². The Labute approximate surface area is 165 Å². The minimum absolute atomic E-state index is 0.193. The lowest BCUT2D eigenvalue weighted by atomic mass is 10.1. The molecule has 5 heteroatoms. The summed E-state index contributed by atoms with van der Waals surface area (Å²) in [6.07, 6.45) is 5.70. The fourth-order valence-corrected chi connectivity index (χ4v) is 4.59. The lowest BCUT2D eigenvalue weighted by molar-refractivity contribution is -0.133. The number of nitrogens with zero attached hydrogens (tertiary/aromatic N) is 1.